The normalized spacial score (nSPS) is 29.9. The average Bonchev–Trinajstić information content (AvgIpc) is 2.89. The number of epoxide rings is 1. The molecule has 1 aliphatic carbocycles. The first-order chi connectivity index (χ1) is 6.15. The Labute approximate surface area is 77.4 Å². The van der Waals surface area contributed by atoms with E-state index in [1.54, 1.807) is 6.08 Å². The lowest BCUT2D eigenvalue weighted by atomic mass is 10.2. The van der Waals surface area contributed by atoms with Crippen molar-refractivity contribution in [2.75, 3.05) is 0 Å². The molecule has 2 atom stereocenters. The van der Waals surface area contributed by atoms with Crippen LogP contribution in [0.3, 0.4) is 0 Å². The Bertz CT molecular complexity index is 201. The zero-order chi connectivity index (χ0) is 9.84. The van der Waals surface area contributed by atoms with Gasteiger partial charge in [-0.25, -0.2) is 4.79 Å². The van der Waals surface area contributed by atoms with Crippen LogP contribution in [0.5, 0.6) is 0 Å². The summed E-state index contributed by atoms with van der Waals surface area (Å²) in [7, 11) is 0. The van der Waals surface area contributed by atoms with Crippen molar-refractivity contribution >= 4 is 5.97 Å². The van der Waals surface area contributed by atoms with E-state index in [-0.39, 0.29) is 6.10 Å². The summed E-state index contributed by atoms with van der Waals surface area (Å²) < 4.78 is 4.75. The second-order valence-electron chi connectivity index (χ2n) is 3.30. The van der Waals surface area contributed by atoms with Crippen LogP contribution in [0.15, 0.2) is 12.7 Å². The SMILES string of the molecule is C=CCC1OC1C(=O)O.NC1CC1. The molecule has 1 saturated carbocycles. The van der Waals surface area contributed by atoms with Crippen LogP contribution in [0, 0.1) is 0 Å². The first-order valence-corrected chi connectivity index (χ1v) is 4.40. The van der Waals surface area contributed by atoms with Gasteiger partial charge in [0.25, 0.3) is 0 Å². The third-order valence-corrected chi connectivity index (χ3v) is 1.85. The van der Waals surface area contributed by atoms with Crippen molar-refractivity contribution in [2.45, 2.75) is 37.5 Å². The van der Waals surface area contributed by atoms with Crippen molar-refractivity contribution in [1.29, 1.82) is 0 Å². The smallest absolute Gasteiger partial charge is 0.335 e. The molecule has 1 heterocycles. The molecule has 3 N–H and O–H groups in total. The monoisotopic (exact) mass is 185 g/mol. The lowest BCUT2D eigenvalue weighted by Gasteiger charge is -1.80. The van der Waals surface area contributed by atoms with E-state index in [0.717, 1.165) is 0 Å². The Balaban J connectivity index is 0.000000175. The first-order valence-electron chi connectivity index (χ1n) is 4.40. The van der Waals surface area contributed by atoms with E-state index in [9.17, 15) is 4.79 Å². The fourth-order valence-corrected chi connectivity index (χ4v) is 0.800. The Morgan fingerprint density at radius 1 is 1.69 bits per heavy atom. The highest BCUT2D eigenvalue weighted by molar-refractivity contribution is 5.75. The molecule has 2 rings (SSSR count). The molecular weight excluding hydrogens is 170 g/mol. The minimum atomic E-state index is -0.873. The van der Waals surface area contributed by atoms with E-state index in [1.165, 1.54) is 12.8 Å². The van der Waals surface area contributed by atoms with E-state index in [1.807, 2.05) is 0 Å². The maximum absolute atomic E-state index is 10.1. The first kappa shape index (κ1) is 10.2. The molecule has 4 heteroatoms. The predicted octanol–water partition coefficient (Wildman–Crippen LogP) is 0.522. The molecular formula is C9H15NO3. The molecule has 0 radical (unpaired) electrons. The number of aliphatic carboxylic acids is 1. The van der Waals surface area contributed by atoms with E-state index in [4.69, 9.17) is 15.6 Å². The minimum absolute atomic E-state index is 0.111. The highest BCUT2D eigenvalue weighted by Gasteiger charge is 2.43. The molecule has 2 aliphatic rings. The fraction of sp³-hybridized carbons (Fsp3) is 0.667. The molecule has 2 fully saturated rings. The van der Waals surface area contributed by atoms with Gasteiger partial charge in [0.15, 0.2) is 6.10 Å². The van der Waals surface area contributed by atoms with Crippen molar-refractivity contribution in [3.63, 3.8) is 0 Å². The van der Waals surface area contributed by atoms with Gasteiger partial charge >= 0.3 is 5.97 Å². The molecule has 13 heavy (non-hydrogen) atoms. The van der Waals surface area contributed by atoms with Crippen LogP contribution in [0.4, 0.5) is 0 Å². The predicted molar refractivity (Wildman–Crippen MR) is 48.3 cm³/mol. The van der Waals surface area contributed by atoms with E-state index in [0.29, 0.717) is 12.5 Å². The number of ether oxygens (including phenoxy) is 1. The zero-order valence-electron chi connectivity index (χ0n) is 7.48. The summed E-state index contributed by atoms with van der Waals surface area (Å²) >= 11 is 0. The lowest BCUT2D eigenvalue weighted by molar-refractivity contribution is -0.138. The van der Waals surface area contributed by atoms with Crippen molar-refractivity contribution in [1.82, 2.24) is 0 Å². The fourth-order valence-electron chi connectivity index (χ4n) is 0.800. The van der Waals surface area contributed by atoms with Crippen LogP contribution in [-0.4, -0.2) is 29.3 Å². The molecule has 0 aromatic carbocycles. The van der Waals surface area contributed by atoms with Crippen LogP contribution in [0.2, 0.25) is 0 Å². The van der Waals surface area contributed by atoms with E-state index < -0.39 is 12.1 Å². The number of nitrogens with two attached hydrogens (primary N) is 1. The summed E-state index contributed by atoms with van der Waals surface area (Å²) in [5, 5.41) is 8.29. The summed E-state index contributed by atoms with van der Waals surface area (Å²) in [5.41, 5.74) is 5.22. The van der Waals surface area contributed by atoms with Gasteiger partial charge in [-0.15, -0.1) is 6.58 Å². The molecule has 74 valence electrons. The van der Waals surface area contributed by atoms with E-state index >= 15 is 0 Å². The molecule has 0 aromatic heterocycles. The molecule has 1 saturated heterocycles. The van der Waals surface area contributed by atoms with Gasteiger partial charge in [-0.05, 0) is 19.3 Å². The minimum Gasteiger partial charge on any atom is -0.479 e. The number of carboxylic acid groups (broad SMARTS) is 1. The molecule has 0 aromatic rings. The Morgan fingerprint density at radius 3 is 2.46 bits per heavy atom. The molecule has 1 aliphatic heterocycles. The lowest BCUT2D eigenvalue weighted by Crippen LogP contribution is -2.06. The van der Waals surface area contributed by atoms with Crippen LogP contribution >= 0.6 is 0 Å². The summed E-state index contributed by atoms with van der Waals surface area (Å²) in [6.45, 7) is 3.46. The van der Waals surface area contributed by atoms with Gasteiger partial charge < -0.3 is 15.6 Å². The average molecular weight is 185 g/mol. The summed E-state index contributed by atoms with van der Waals surface area (Å²) in [5.74, 6) is -0.873. The molecule has 0 bridgehead atoms. The number of rotatable bonds is 3. The Hall–Kier alpha value is -0.870. The van der Waals surface area contributed by atoms with Crippen molar-refractivity contribution in [3.8, 4) is 0 Å². The summed E-state index contributed by atoms with van der Waals surface area (Å²) in [6.07, 6.45) is 4.15. The van der Waals surface area contributed by atoms with Gasteiger partial charge in [-0.1, -0.05) is 6.08 Å². The standard InChI is InChI=1S/C6H8O3.C3H7N/c1-2-3-4-5(9-4)6(7)8;4-3-1-2-3/h2,4-5H,1,3H2,(H,7,8);3H,1-2,4H2. The quantitative estimate of drug-likeness (QED) is 0.496. The van der Waals surface area contributed by atoms with Crippen LogP contribution in [0.1, 0.15) is 19.3 Å². The summed E-state index contributed by atoms with van der Waals surface area (Å²) in [6, 6.07) is 0.583. The van der Waals surface area contributed by atoms with Gasteiger partial charge in [-0.3, -0.25) is 0 Å². The number of carboxylic acids is 1. The largest absolute Gasteiger partial charge is 0.479 e. The second kappa shape index (κ2) is 4.39. The van der Waals surface area contributed by atoms with Crippen LogP contribution < -0.4 is 5.73 Å². The van der Waals surface area contributed by atoms with Gasteiger partial charge in [-0.2, -0.15) is 0 Å². The number of hydrogen-bond acceptors (Lipinski definition) is 3. The van der Waals surface area contributed by atoms with Crippen molar-refractivity contribution in [2.24, 2.45) is 5.73 Å². The Morgan fingerprint density at radius 2 is 2.23 bits per heavy atom. The summed E-state index contributed by atoms with van der Waals surface area (Å²) in [4.78, 5) is 10.1. The van der Waals surface area contributed by atoms with Crippen LogP contribution in [-0.2, 0) is 9.53 Å². The molecule has 2 unspecified atom stereocenters. The van der Waals surface area contributed by atoms with Gasteiger partial charge in [0.1, 0.15) is 0 Å². The molecule has 0 amide bonds. The maximum atomic E-state index is 10.1. The van der Waals surface area contributed by atoms with Crippen LogP contribution in [0.25, 0.3) is 0 Å². The maximum Gasteiger partial charge on any atom is 0.335 e. The van der Waals surface area contributed by atoms with Gasteiger partial charge in [0.2, 0.25) is 0 Å². The van der Waals surface area contributed by atoms with Crippen molar-refractivity contribution < 1.29 is 14.6 Å². The van der Waals surface area contributed by atoms with Gasteiger partial charge in [0, 0.05) is 6.04 Å². The highest BCUT2D eigenvalue weighted by Crippen LogP contribution is 2.25. The second-order valence-corrected chi connectivity index (χ2v) is 3.30. The topological polar surface area (TPSA) is 75.8 Å². The highest BCUT2D eigenvalue weighted by atomic mass is 16.6. The number of hydrogen-bond donors (Lipinski definition) is 2. The molecule has 0 spiro atoms. The third kappa shape index (κ3) is 4.05. The van der Waals surface area contributed by atoms with Gasteiger partial charge in [0.05, 0.1) is 6.10 Å². The van der Waals surface area contributed by atoms with E-state index in [2.05, 4.69) is 6.58 Å². The zero-order valence-corrected chi connectivity index (χ0v) is 7.48. The number of carbonyl (C=O) groups is 1. The third-order valence-electron chi connectivity index (χ3n) is 1.85. The van der Waals surface area contributed by atoms with Crippen molar-refractivity contribution in [3.05, 3.63) is 12.7 Å². The Kier molecular flexibility index (Phi) is 3.45. The molecule has 4 nitrogen and oxygen atoms in total.